The van der Waals surface area contributed by atoms with Crippen molar-refractivity contribution >= 4 is 5.97 Å². The van der Waals surface area contributed by atoms with Crippen molar-refractivity contribution in [3.8, 4) is 5.75 Å². The molecule has 0 fully saturated rings. The molecule has 1 N–H and O–H groups in total. The molecule has 118 valence electrons. The summed E-state index contributed by atoms with van der Waals surface area (Å²) in [5.41, 5.74) is -3.28. The summed E-state index contributed by atoms with van der Waals surface area (Å²) in [7, 11) is 0. The van der Waals surface area contributed by atoms with Crippen LogP contribution in [0.4, 0.5) is 22.0 Å². The molecule has 1 rings (SSSR count). The number of nitrogens with one attached hydrogen (secondary N) is 1. The van der Waals surface area contributed by atoms with Crippen LogP contribution in [0.2, 0.25) is 0 Å². The van der Waals surface area contributed by atoms with Gasteiger partial charge in [0.15, 0.2) is 0 Å². The number of esters is 1. The van der Waals surface area contributed by atoms with Crippen molar-refractivity contribution in [2.45, 2.75) is 26.1 Å². The van der Waals surface area contributed by atoms with Gasteiger partial charge in [0.05, 0.1) is 18.6 Å². The van der Waals surface area contributed by atoms with Gasteiger partial charge in [0, 0.05) is 6.20 Å². The van der Waals surface area contributed by atoms with Gasteiger partial charge in [0.1, 0.15) is 0 Å². The maximum atomic E-state index is 12.9. The van der Waals surface area contributed by atoms with E-state index in [0.717, 1.165) is 6.20 Å². The number of rotatable bonds is 5. The predicted octanol–water partition coefficient (Wildman–Crippen LogP) is 2.32. The van der Waals surface area contributed by atoms with E-state index in [4.69, 9.17) is 0 Å². The number of H-pyrrole nitrogens is 1. The van der Waals surface area contributed by atoms with Crippen LogP contribution in [-0.4, -0.2) is 23.9 Å². The van der Waals surface area contributed by atoms with Gasteiger partial charge < -0.3 is 14.5 Å². The van der Waals surface area contributed by atoms with E-state index in [1.54, 1.807) is 0 Å². The van der Waals surface area contributed by atoms with Crippen LogP contribution in [0.15, 0.2) is 11.0 Å². The summed E-state index contributed by atoms with van der Waals surface area (Å²) in [4.78, 5) is 24.3. The molecule has 5 nitrogen and oxygen atoms in total. The smallest absolute Gasteiger partial charge is 0.466 e. The second-order valence-corrected chi connectivity index (χ2v) is 3.72. The highest BCUT2D eigenvalue weighted by atomic mass is 19.4. The van der Waals surface area contributed by atoms with Crippen LogP contribution in [0.25, 0.3) is 0 Å². The van der Waals surface area contributed by atoms with Crippen molar-refractivity contribution in [1.82, 2.24) is 4.98 Å². The van der Waals surface area contributed by atoms with E-state index < -0.39 is 47.6 Å². The predicted molar refractivity (Wildman–Crippen MR) is 59.0 cm³/mol. The maximum Gasteiger partial charge on any atom is 0.573 e. The zero-order chi connectivity index (χ0) is 16.2. The number of alkyl halides is 5. The molecule has 1 aromatic heterocycles. The highest BCUT2D eigenvalue weighted by Crippen LogP contribution is 2.32. The molecule has 0 aromatic carbocycles. The fraction of sp³-hybridized carbons (Fsp3) is 0.455. The van der Waals surface area contributed by atoms with Gasteiger partial charge in [-0.25, -0.2) is 8.78 Å². The van der Waals surface area contributed by atoms with Gasteiger partial charge in [-0.2, -0.15) is 0 Å². The molecule has 0 spiro atoms. The normalized spacial score (nSPS) is 11.6. The van der Waals surface area contributed by atoms with Crippen molar-refractivity contribution in [3.63, 3.8) is 0 Å². The van der Waals surface area contributed by atoms with E-state index in [2.05, 4.69) is 9.47 Å². The second-order valence-electron chi connectivity index (χ2n) is 3.72. The van der Waals surface area contributed by atoms with E-state index in [1.807, 2.05) is 4.98 Å². The Hall–Kier alpha value is -2.13. The summed E-state index contributed by atoms with van der Waals surface area (Å²) in [5, 5.41) is 0. The first-order valence-electron chi connectivity index (χ1n) is 5.59. The summed E-state index contributed by atoms with van der Waals surface area (Å²) < 4.78 is 70.2. The molecule has 0 unspecified atom stereocenters. The standard InChI is InChI=1S/C11H10F5NO4/c1-2-20-6(18)3-5-4-17-10(19)8(7(5)9(12)13)21-11(14,15)16/h4,9H,2-3H2,1H3,(H,17,19). The van der Waals surface area contributed by atoms with Crippen LogP contribution < -0.4 is 10.3 Å². The molecule has 1 heterocycles. The molecule has 0 atom stereocenters. The average molecular weight is 315 g/mol. The number of aromatic amines is 1. The van der Waals surface area contributed by atoms with Crippen LogP contribution in [0.5, 0.6) is 5.75 Å². The fourth-order valence-electron chi connectivity index (χ4n) is 1.53. The number of carbonyl (C=O) groups excluding carboxylic acids is 1. The highest BCUT2D eigenvalue weighted by molar-refractivity contribution is 5.73. The third-order valence-electron chi connectivity index (χ3n) is 2.25. The van der Waals surface area contributed by atoms with Crippen LogP contribution in [0.3, 0.4) is 0 Å². The molecule has 0 amide bonds. The van der Waals surface area contributed by atoms with Crippen molar-refractivity contribution < 1.29 is 36.2 Å². The molecule has 0 bridgehead atoms. The molecule has 0 saturated heterocycles. The van der Waals surface area contributed by atoms with Gasteiger partial charge >= 0.3 is 12.3 Å². The largest absolute Gasteiger partial charge is 0.573 e. The lowest BCUT2D eigenvalue weighted by Crippen LogP contribution is -2.25. The maximum absolute atomic E-state index is 12.9. The Balaban J connectivity index is 3.30. The summed E-state index contributed by atoms with van der Waals surface area (Å²) in [6.07, 6.45) is -8.75. The Morgan fingerprint density at radius 2 is 2.00 bits per heavy atom. The van der Waals surface area contributed by atoms with E-state index in [1.165, 1.54) is 6.92 Å². The quantitative estimate of drug-likeness (QED) is 0.669. The van der Waals surface area contributed by atoms with Gasteiger partial charge in [0.25, 0.3) is 12.0 Å². The lowest BCUT2D eigenvalue weighted by Gasteiger charge is -2.15. The van der Waals surface area contributed by atoms with E-state index in [0.29, 0.717) is 0 Å². The Morgan fingerprint density at radius 1 is 1.38 bits per heavy atom. The lowest BCUT2D eigenvalue weighted by atomic mass is 10.1. The third kappa shape index (κ3) is 4.72. The average Bonchev–Trinajstić information content (AvgIpc) is 2.31. The number of carbonyl (C=O) groups is 1. The Morgan fingerprint density at radius 3 is 2.48 bits per heavy atom. The van der Waals surface area contributed by atoms with Crippen molar-refractivity contribution in [1.29, 1.82) is 0 Å². The van der Waals surface area contributed by atoms with E-state index in [9.17, 15) is 31.5 Å². The number of pyridine rings is 1. The van der Waals surface area contributed by atoms with Crippen molar-refractivity contribution in [3.05, 3.63) is 27.7 Å². The van der Waals surface area contributed by atoms with Crippen LogP contribution in [-0.2, 0) is 16.0 Å². The lowest BCUT2D eigenvalue weighted by molar-refractivity contribution is -0.275. The second kappa shape index (κ2) is 6.55. The first-order valence-corrected chi connectivity index (χ1v) is 5.59. The fourth-order valence-corrected chi connectivity index (χ4v) is 1.53. The van der Waals surface area contributed by atoms with Crippen LogP contribution in [0, 0.1) is 0 Å². The number of hydrogen-bond donors (Lipinski definition) is 1. The molecule has 0 aliphatic heterocycles. The van der Waals surface area contributed by atoms with Crippen LogP contribution >= 0.6 is 0 Å². The van der Waals surface area contributed by atoms with Crippen molar-refractivity contribution in [2.24, 2.45) is 0 Å². The molecular weight excluding hydrogens is 305 g/mol. The first kappa shape index (κ1) is 16.9. The zero-order valence-electron chi connectivity index (χ0n) is 10.6. The molecule has 0 radical (unpaired) electrons. The number of hydrogen-bond acceptors (Lipinski definition) is 4. The van der Waals surface area contributed by atoms with Gasteiger partial charge in [0.2, 0.25) is 5.75 Å². The summed E-state index contributed by atoms with van der Waals surface area (Å²) in [5.74, 6) is -2.51. The Kier molecular flexibility index (Phi) is 5.28. The molecule has 0 aliphatic rings. The van der Waals surface area contributed by atoms with Crippen LogP contribution in [0.1, 0.15) is 24.5 Å². The highest BCUT2D eigenvalue weighted by Gasteiger charge is 2.36. The minimum Gasteiger partial charge on any atom is -0.466 e. The molecule has 21 heavy (non-hydrogen) atoms. The van der Waals surface area contributed by atoms with Crippen molar-refractivity contribution in [2.75, 3.05) is 6.61 Å². The Labute approximate surface area is 114 Å². The van der Waals surface area contributed by atoms with Gasteiger partial charge in [-0.1, -0.05) is 0 Å². The van der Waals surface area contributed by atoms with Gasteiger partial charge in [-0.05, 0) is 12.5 Å². The third-order valence-corrected chi connectivity index (χ3v) is 2.25. The molecule has 0 aliphatic carbocycles. The van der Waals surface area contributed by atoms with E-state index >= 15 is 0 Å². The SMILES string of the molecule is CCOC(=O)Cc1c[nH]c(=O)c(OC(F)(F)F)c1C(F)F. The molecular formula is C11H10F5NO4. The monoisotopic (exact) mass is 315 g/mol. The minimum atomic E-state index is -5.32. The summed E-state index contributed by atoms with van der Waals surface area (Å²) >= 11 is 0. The number of aromatic nitrogens is 1. The first-order chi connectivity index (χ1) is 9.65. The topological polar surface area (TPSA) is 68.4 Å². The molecule has 0 saturated carbocycles. The van der Waals surface area contributed by atoms with Gasteiger partial charge in [-0.15, -0.1) is 13.2 Å². The summed E-state index contributed by atoms with van der Waals surface area (Å²) in [6, 6.07) is 0. The number of halogens is 5. The Bertz CT molecular complexity index is 567. The molecule has 1 aromatic rings. The number of ether oxygens (including phenoxy) is 2. The molecule has 10 heteroatoms. The van der Waals surface area contributed by atoms with Gasteiger partial charge in [-0.3, -0.25) is 9.59 Å². The zero-order valence-corrected chi connectivity index (χ0v) is 10.6. The van der Waals surface area contributed by atoms with E-state index in [-0.39, 0.29) is 6.61 Å². The summed E-state index contributed by atoms with van der Waals surface area (Å²) in [6.45, 7) is 1.44. The minimum absolute atomic E-state index is 0.0297.